The highest BCUT2D eigenvalue weighted by Gasteiger charge is 2.38. The minimum Gasteiger partial charge on any atom is -0.487 e. The minimum atomic E-state index is -0.238. The lowest BCUT2D eigenvalue weighted by molar-refractivity contribution is 0.0588. The second kappa shape index (κ2) is 6.09. The van der Waals surface area contributed by atoms with Crippen molar-refractivity contribution in [2.24, 2.45) is 0 Å². The van der Waals surface area contributed by atoms with Gasteiger partial charge in [0.25, 0.3) is 11.8 Å². The number of rotatable bonds is 3. The van der Waals surface area contributed by atoms with E-state index in [1.165, 1.54) is 4.90 Å². The topological polar surface area (TPSA) is 46.6 Å². The summed E-state index contributed by atoms with van der Waals surface area (Å²) in [6, 6.07) is 23.2. The van der Waals surface area contributed by atoms with Crippen molar-refractivity contribution in [1.82, 2.24) is 4.90 Å². The maximum Gasteiger partial charge on any atom is 0.261 e. The Hall–Kier alpha value is -3.40. The number of para-hydroxylation sites is 1. The third-order valence-corrected chi connectivity index (χ3v) is 5.18. The minimum absolute atomic E-state index is 0.230. The predicted octanol–water partition coefficient (Wildman–Crippen LogP) is 3.95. The van der Waals surface area contributed by atoms with Crippen LogP contribution in [-0.2, 0) is 6.42 Å². The first-order valence-corrected chi connectivity index (χ1v) is 9.01. The van der Waals surface area contributed by atoms with Crippen molar-refractivity contribution in [3.8, 4) is 16.9 Å². The van der Waals surface area contributed by atoms with E-state index in [1.54, 1.807) is 24.3 Å². The number of imide groups is 1. The average molecular weight is 355 g/mol. The van der Waals surface area contributed by atoms with E-state index < -0.39 is 0 Å². The Bertz CT molecular complexity index is 1020. The van der Waals surface area contributed by atoms with Gasteiger partial charge in [-0.05, 0) is 23.3 Å². The Morgan fingerprint density at radius 3 is 2.11 bits per heavy atom. The van der Waals surface area contributed by atoms with Gasteiger partial charge in [-0.25, -0.2) is 0 Å². The van der Waals surface area contributed by atoms with Crippen LogP contribution in [0.4, 0.5) is 0 Å². The summed E-state index contributed by atoms with van der Waals surface area (Å²) in [4.78, 5) is 26.5. The van der Waals surface area contributed by atoms with Crippen molar-refractivity contribution in [3.05, 3.63) is 89.5 Å². The van der Waals surface area contributed by atoms with Crippen LogP contribution in [0.25, 0.3) is 11.1 Å². The van der Waals surface area contributed by atoms with E-state index in [9.17, 15) is 9.59 Å². The molecule has 0 aliphatic carbocycles. The van der Waals surface area contributed by atoms with E-state index in [0.29, 0.717) is 17.5 Å². The van der Waals surface area contributed by atoms with Gasteiger partial charge in [0.1, 0.15) is 11.9 Å². The van der Waals surface area contributed by atoms with Gasteiger partial charge in [0.2, 0.25) is 0 Å². The smallest absolute Gasteiger partial charge is 0.261 e. The summed E-state index contributed by atoms with van der Waals surface area (Å²) in [6.45, 7) is 0.259. The third kappa shape index (κ3) is 2.53. The van der Waals surface area contributed by atoms with Crippen LogP contribution in [0.5, 0.6) is 5.75 Å². The molecular formula is C23H17NO3. The summed E-state index contributed by atoms with van der Waals surface area (Å²) in [5.41, 5.74) is 4.19. The number of ether oxygens (including phenoxy) is 1. The molecule has 0 saturated carbocycles. The Balaban J connectivity index is 1.40. The molecular weight excluding hydrogens is 338 g/mol. The lowest BCUT2D eigenvalue weighted by atomic mass is 10.0. The fourth-order valence-electron chi connectivity index (χ4n) is 3.89. The molecule has 2 heterocycles. The lowest BCUT2D eigenvalue weighted by Crippen LogP contribution is -2.38. The first kappa shape index (κ1) is 15.8. The van der Waals surface area contributed by atoms with Gasteiger partial charge < -0.3 is 4.74 Å². The van der Waals surface area contributed by atoms with Gasteiger partial charge in [-0.1, -0.05) is 60.7 Å². The largest absolute Gasteiger partial charge is 0.487 e. The summed E-state index contributed by atoms with van der Waals surface area (Å²) in [5, 5.41) is 0. The van der Waals surface area contributed by atoms with Crippen molar-refractivity contribution in [1.29, 1.82) is 0 Å². The van der Waals surface area contributed by atoms with Crippen LogP contribution in [0.3, 0.4) is 0 Å². The number of carbonyl (C=O) groups is 2. The van der Waals surface area contributed by atoms with Crippen molar-refractivity contribution in [2.75, 3.05) is 6.54 Å². The molecule has 1 unspecified atom stereocenters. The number of hydrogen-bond acceptors (Lipinski definition) is 3. The molecule has 0 saturated heterocycles. The number of nitrogens with zero attached hydrogens (tertiary/aromatic N) is 1. The zero-order chi connectivity index (χ0) is 18.4. The summed E-state index contributed by atoms with van der Waals surface area (Å²) in [5.74, 6) is 0.377. The SMILES string of the molecule is O=C1c2ccccc2C(=O)N1CC1Cc2cccc(-c3ccccc3)c2O1. The van der Waals surface area contributed by atoms with E-state index >= 15 is 0 Å². The molecule has 4 nitrogen and oxygen atoms in total. The Morgan fingerprint density at radius 2 is 1.41 bits per heavy atom. The summed E-state index contributed by atoms with van der Waals surface area (Å²) >= 11 is 0. The Morgan fingerprint density at radius 1 is 0.778 bits per heavy atom. The van der Waals surface area contributed by atoms with Gasteiger partial charge in [0.05, 0.1) is 17.7 Å². The van der Waals surface area contributed by atoms with Gasteiger partial charge in [0.15, 0.2) is 0 Å². The zero-order valence-corrected chi connectivity index (χ0v) is 14.6. The lowest BCUT2D eigenvalue weighted by Gasteiger charge is -2.19. The van der Waals surface area contributed by atoms with Crippen molar-refractivity contribution >= 4 is 11.8 Å². The van der Waals surface area contributed by atoms with Gasteiger partial charge in [-0.3, -0.25) is 14.5 Å². The van der Waals surface area contributed by atoms with E-state index in [1.807, 2.05) is 36.4 Å². The normalized spacial score (nSPS) is 17.6. The highest BCUT2D eigenvalue weighted by molar-refractivity contribution is 6.21. The second-order valence-corrected chi connectivity index (χ2v) is 6.87. The second-order valence-electron chi connectivity index (χ2n) is 6.87. The molecule has 4 heteroatoms. The molecule has 0 aromatic heterocycles. The molecule has 0 radical (unpaired) electrons. The monoisotopic (exact) mass is 355 g/mol. The highest BCUT2D eigenvalue weighted by atomic mass is 16.5. The fourth-order valence-corrected chi connectivity index (χ4v) is 3.89. The molecule has 2 aliphatic rings. The van der Waals surface area contributed by atoms with Crippen molar-refractivity contribution in [3.63, 3.8) is 0 Å². The quantitative estimate of drug-likeness (QED) is 0.668. The van der Waals surface area contributed by atoms with Crippen LogP contribution in [0, 0.1) is 0 Å². The van der Waals surface area contributed by atoms with Crippen LogP contribution >= 0.6 is 0 Å². The van der Waals surface area contributed by atoms with Gasteiger partial charge in [-0.15, -0.1) is 0 Å². The van der Waals surface area contributed by atoms with Crippen molar-refractivity contribution < 1.29 is 14.3 Å². The molecule has 5 rings (SSSR count). The van der Waals surface area contributed by atoms with Crippen LogP contribution in [0.1, 0.15) is 26.3 Å². The van der Waals surface area contributed by atoms with Gasteiger partial charge in [0, 0.05) is 12.0 Å². The summed E-state index contributed by atoms with van der Waals surface area (Å²) < 4.78 is 6.20. The number of benzene rings is 3. The van der Waals surface area contributed by atoms with Gasteiger partial charge in [-0.2, -0.15) is 0 Å². The molecule has 3 aromatic rings. The Kier molecular flexibility index (Phi) is 3.57. The fraction of sp³-hybridized carbons (Fsp3) is 0.130. The summed E-state index contributed by atoms with van der Waals surface area (Å²) in [7, 11) is 0. The maximum atomic E-state index is 12.6. The molecule has 1 atom stereocenters. The first-order valence-electron chi connectivity index (χ1n) is 9.01. The number of amides is 2. The number of fused-ring (bicyclic) bond motifs is 2. The van der Waals surface area contributed by atoms with Crippen LogP contribution < -0.4 is 4.74 Å². The van der Waals surface area contributed by atoms with Crippen LogP contribution in [-0.4, -0.2) is 29.4 Å². The van der Waals surface area contributed by atoms with E-state index in [2.05, 4.69) is 12.1 Å². The molecule has 0 fully saturated rings. The predicted molar refractivity (Wildman–Crippen MR) is 102 cm³/mol. The van der Waals surface area contributed by atoms with E-state index in [0.717, 1.165) is 22.4 Å². The van der Waals surface area contributed by atoms with Crippen LogP contribution in [0.2, 0.25) is 0 Å². The summed E-state index contributed by atoms with van der Waals surface area (Å²) in [6.07, 6.45) is 0.454. The third-order valence-electron chi connectivity index (χ3n) is 5.18. The van der Waals surface area contributed by atoms with Crippen LogP contribution in [0.15, 0.2) is 72.8 Å². The molecule has 0 spiro atoms. The van der Waals surface area contributed by atoms with E-state index in [-0.39, 0.29) is 24.5 Å². The number of carbonyl (C=O) groups excluding carboxylic acids is 2. The molecule has 132 valence electrons. The molecule has 2 aliphatic heterocycles. The van der Waals surface area contributed by atoms with Gasteiger partial charge >= 0.3 is 0 Å². The zero-order valence-electron chi connectivity index (χ0n) is 14.6. The average Bonchev–Trinajstić information content (AvgIpc) is 3.23. The molecule has 0 N–H and O–H groups in total. The molecule has 2 amide bonds. The maximum absolute atomic E-state index is 12.6. The molecule has 3 aromatic carbocycles. The Labute approximate surface area is 157 Å². The van der Waals surface area contributed by atoms with Crippen molar-refractivity contribution in [2.45, 2.75) is 12.5 Å². The first-order chi connectivity index (χ1) is 13.2. The highest BCUT2D eigenvalue weighted by Crippen LogP contribution is 2.39. The standard InChI is InChI=1S/C23H17NO3/c25-22-19-10-4-5-11-20(19)23(26)24(22)14-17-13-16-9-6-12-18(21(16)27-17)15-7-2-1-3-8-15/h1-12,17H,13-14H2. The number of hydrogen-bond donors (Lipinski definition) is 0. The molecule has 27 heavy (non-hydrogen) atoms. The molecule has 0 bridgehead atoms. The van der Waals surface area contributed by atoms with E-state index in [4.69, 9.17) is 4.74 Å².